The van der Waals surface area contributed by atoms with Crippen LogP contribution in [0, 0.1) is 17.3 Å². The Morgan fingerprint density at radius 1 is 1.05 bits per heavy atom. The Morgan fingerprint density at radius 3 is 2.59 bits per heavy atom. The molecule has 0 aromatic heterocycles. The van der Waals surface area contributed by atoms with Gasteiger partial charge < -0.3 is 15.5 Å². The van der Waals surface area contributed by atoms with Crippen LogP contribution in [-0.4, -0.2) is 34.4 Å². The number of phenolic OH excluding ortho intramolecular Hbond substituents is 1. The molecule has 8 heteroatoms. The molecule has 0 saturated heterocycles. The molecule has 194 valence electrons. The molecule has 0 radical (unpaired) electrons. The number of ketones is 1. The average Bonchev–Trinajstić information content (AvgIpc) is 3.20. The lowest BCUT2D eigenvalue weighted by atomic mass is 9.55. The van der Waals surface area contributed by atoms with E-state index in [0.29, 0.717) is 59.9 Å². The zero-order chi connectivity index (χ0) is 26.2. The molecular formula is C29H33N3O5. The van der Waals surface area contributed by atoms with Crippen LogP contribution in [0.4, 0.5) is 11.4 Å². The largest absolute Gasteiger partial charge is 0.506 e. The van der Waals surface area contributed by atoms with E-state index in [0.717, 1.165) is 37.7 Å². The van der Waals surface area contributed by atoms with Gasteiger partial charge in [-0.05, 0) is 97.7 Å². The number of carbonyl (C=O) groups is 3. The maximum absolute atomic E-state index is 12.6. The first kappa shape index (κ1) is 25.1. The van der Waals surface area contributed by atoms with Gasteiger partial charge in [-0.25, -0.2) is 0 Å². The molecule has 3 N–H and O–H groups in total. The average molecular weight is 504 g/mol. The lowest BCUT2D eigenvalue weighted by Crippen LogP contribution is -2.42. The van der Waals surface area contributed by atoms with E-state index in [4.69, 9.17) is 5.11 Å². The van der Waals surface area contributed by atoms with Gasteiger partial charge in [0.25, 0.3) is 5.91 Å². The number of nitrogens with zero attached hydrogens (tertiary/aromatic N) is 2. The first-order valence-corrected chi connectivity index (χ1v) is 13.2. The Hall–Kier alpha value is -3.55. The van der Waals surface area contributed by atoms with Gasteiger partial charge >= 0.3 is 5.97 Å². The second-order valence-corrected chi connectivity index (χ2v) is 10.8. The zero-order valence-corrected chi connectivity index (χ0v) is 21.1. The van der Waals surface area contributed by atoms with Crippen LogP contribution in [0.15, 0.2) is 46.6 Å². The molecule has 37 heavy (non-hydrogen) atoms. The molecule has 5 rings (SSSR count). The topological polar surface area (TPSA) is 128 Å². The molecule has 0 aliphatic heterocycles. The summed E-state index contributed by atoms with van der Waals surface area (Å²) in [6.07, 6.45) is 5.79. The van der Waals surface area contributed by atoms with Crippen molar-refractivity contribution in [3.8, 4) is 5.75 Å². The lowest BCUT2D eigenvalue weighted by molar-refractivity contribution is -0.137. The molecular weight excluding hydrogens is 470 g/mol. The monoisotopic (exact) mass is 503 g/mol. The highest BCUT2D eigenvalue weighted by Crippen LogP contribution is 2.60. The van der Waals surface area contributed by atoms with E-state index >= 15 is 0 Å². The van der Waals surface area contributed by atoms with Crippen LogP contribution in [0.3, 0.4) is 0 Å². The molecule has 2 saturated carbocycles. The number of azo groups is 1. The number of hydrogen-bond donors (Lipinski definition) is 3. The molecule has 2 aromatic carbocycles. The maximum Gasteiger partial charge on any atom is 0.303 e. The number of carbonyl (C=O) groups excluding carboxylic acids is 2. The predicted molar refractivity (Wildman–Crippen MR) is 138 cm³/mol. The SMILES string of the molecule is C[C@]12CC[C@@H]3c4ccc(O)c(N=Nc5ccc(C(=O)NCCCC(=O)O)cc5)c4CC[C@H]3[C@@H]1CCC2=O. The number of aromatic hydroxyl groups is 1. The summed E-state index contributed by atoms with van der Waals surface area (Å²) in [6.45, 7) is 2.46. The summed E-state index contributed by atoms with van der Waals surface area (Å²) in [5, 5.41) is 30.8. The Balaban J connectivity index is 1.30. The molecule has 0 spiro atoms. The van der Waals surface area contributed by atoms with Gasteiger partial charge in [0.1, 0.15) is 17.2 Å². The number of carboxylic acids is 1. The summed E-state index contributed by atoms with van der Waals surface area (Å²) < 4.78 is 0. The smallest absolute Gasteiger partial charge is 0.303 e. The van der Waals surface area contributed by atoms with Gasteiger partial charge in [-0.15, -0.1) is 5.11 Å². The van der Waals surface area contributed by atoms with Crippen molar-refractivity contribution in [3.63, 3.8) is 0 Å². The number of Topliss-reactive ketones (excluding diaryl/α,β-unsaturated/α-hetero) is 1. The number of amides is 1. The standard InChI is InChI=1S/C29H33N3O5/c1-29-15-14-20-19-10-12-24(33)27(22(19)9-8-21(20)23(29)11-13-25(29)34)32-31-18-6-4-17(5-7-18)28(37)30-16-2-3-26(35)36/h4-7,10,12,20-21,23,33H,2-3,8-9,11,13-16H2,1H3,(H,30,37)(H,35,36)/t20-,21-,23+,29+/m1/s1. The van der Waals surface area contributed by atoms with Gasteiger partial charge in [-0.2, -0.15) is 5.11 Å². The van der Waals surface area contributed by atoms with Gasteiger partial charge in [0.05, 0.1) is 5.69 Å². The van der Waals surface area contributed by atoms with Crippen molar-refractivity contribution in [2.24, 2.45) is 27.5 Å². The van der Waals surface area contributed by atoms with Gasteiger partial charge in [0.2, 0.25) is 0 Å². The first-order valence-electron chi connectivity index (χ1n) is 13.2. The molecule has 3 aliphatic carbocycles. The summed E-state index contributed by atoms with van der Waals surface area (Å²) >= 11 is 0. The predicted octanol–water partition coefficient (Wildman–Crippen LogP) is 5.83. The fourth-order valence-corrected chi connectivity index (χ4v) is 6.85. The molecule has 0 unspecified atom stereocenters. The molecule has 2 fully saturated rings. The molecule has 0 bridgehead atoms. The van der Waals surface area contributed by atoms with Gasteiger partial charge in [0.15, 0.2) is 0 Å². The van der Waals surface area contributed by atoms with E-state index in [2.05, 4.69) is 22.5 Å². The number of hydrogen-bond acceptors (Lipinski definition) is 6. The third-order valence-corrected chi connectivity index (χ3v) is 8.82. The number of phenols is 1. The van der Waals surface area contributed by atoms with E-state index in [1.54, 1.807) is 30.3 Å². The van der Waals surface area contributed by atoms with Crippen molar-refractivity contribution in [2.75, 3.05) is 6.54 Å². The number of rotatable bonds is 7. The molecule has 2 aromatic rings. The molecule has 1 amide bonds. The fourth-order valence-electron chi connectivity index (χ4n) is 6.85. The van der Waals surface area contributed by atoms with Crippen molar-refractivity contribution >= 4 is 29.0 Å². The van der Waals surface area contributed by atoms with Gasteiger partial charge in [-0.1, -0.05) is 13.0 Å². The minimum absolute atomic E-state index is 0.0106. The van der Waals surface area contributed by atoms with Crippen molar-refractivity contribution in [1.29, 1.82) is 0 Å². The van der Waals surface area contributed by atoms with Crippen LogP contribution >= 0.6 is 0 Å². The summed E-state index contributed by atoms with van der Waals surface area (Å²) in [5.41, 5.74) is 3.64. The first-order chi connectivity index (χ1) is 17.8. The van der Waals surface area contributed by atoms with Crippen LogP contribution in [0.2, 0.25) is 0 Å². The maximum atomic E-state index is 12.6. The minimum Gasteiger partial charge on any atom is -0.506 e. The summed E-state index contributed by atoms with van der Waals surface area (Å²) in [7, 11) is 0. The Morgan fingerprint density at radius 2 is 1.84 bits per heavy atom. The van der Waals surface area contributed by atoms with Crippen LogP contribution in [0.1, 0.15) is 79.3 Å². The Kier molecular flexibility index (Phi) is 6.84. The van der Waals surface area contributed by atoms with Crippen LogP contribution in [0.5, 0.6) is 5.75 Å². The van der Waals surface area contributed by atoms with E-state index in [1.165, 1.54) is 5.56 Å². The molecule has 3 aliphatic rings. The number of carboxylic acid groups (broad SMARTS) is 1. The normalized spacial score (nSPS) is 26.4. The van der Waals surface area contributed by atoms with Crippen molar-refractivity contribution in [2.45, 2.75) is 64.2 Å². The van der Waals surface area contributed by atoms with Crippen molar-refractivity contribution < 1.29 is 24.6 Å². The Bertz CT molecular complexity index is 1250. The van der Waals surface area contributed by atoms with E-state index in [9.17, 15) is 19.5 Å². The molecule has 8 nitrogen and oxygen atoms in total. The number of fused-ring (bicyclic) bond motifs is 5. The second-order valence-electron chi connectivity index (χ2n) is 10.8. The molecule has 4 atom stereocenters. The summed E-state index contributed by atoms with van der Waals surface area (Å²) in [5.74, 6) is 0.704. The Labute approximate surface area is 216 Å². The number of nitrogens with one attached hydrogen (secondary N) is 1. The quantitative estimate of drug-likeness (QED) is 0.324. The minimum atomic E-state index is -0.887. The summed E-state index contributed by atoms with van der Waals surface area (Å²) in [4.78, 5) is 35.4. The highest BCUT2D eigenvalue weighted by molar-refractivity contribution is 5.94. The van der Waals surface area contributed by atoms with E-state index < -0.39 is 5.97 Å². The second kappa shape index (κ2) is 10.1. The number of aliphatic carboxylic acids is 1. The van der Waals surface area contributed by atoms with Gasteiger partial charge in [-0.3, -0.25) is 14.4 Å². The van der Waals surface area contributed by atoms with Crippen molar-refractivity contribution in [3.05, 3.63) is 53.1 Å². The zero-order valence-electron chi connectivity index (χ0n) is 21.1. The van der Waals surface area contributed by atoms with Crippen molar-refractivity contribution in [1.82, 2.24) is 5.32 Å². The highest BCUT2D eigenvalue weighted by Gasteiger charge is 2.54. The summed E-state index contributed by atoms with van der Waals surface area (Å²) in [6, 6.07) is 10.4. The van der Waals surface area contributed by atoms with E-state index in [-0.39, 0.29) is 23.5 Å². The fraction of sp³-hybridized carbons (Fsp3) is 0.483. The van der Waals surface area contributed by atoms with Crippen LogP contribution in [0.25, 0.3) is 0 Å². The van der Waals surface area contributed by atoms with Gasteiger partial charge in [0, 0.05) is 30.4 Å². The third kappa shape index (κ3) is 4.77. The lowest BCUT2D eigenvalue weighted by Gasteiger charge is -2.48. The highest BCUT2D eigenvalue weighted by atomic mass is 16.4. The molecule has 0 heterocycles. The van der Waals surface area contributed by atoms with Crippen LogP contribution in [-0.2, 0) is 16.0 Å². The third-order valence-electron chi connectivity index (χ3n) is 8.82. The number of benzene rings is 2. The van der Waals surface area contributed by atoms with Crippen LogP contribution < -0.4 is 5.32 Å². The van der Waals surface area contributed by atoms with E-state index in [1.807, 2.05) is 6.07 Å².